The largest absolute Gasteiger partial charge is 0.493 e. The van der Waals surface area contributed by atoms with Gasteiger partial charge < -0.3 is 34.2 Å². The second-order valence-electron chi connectivity index (χ2n) is 9.39. The highest BCUT2D eigenvalue weighted by atomic mass is 16.5. The minimum Gasteiger partial charge on any atom is -0.493 e. The van der Waals surface area contributed by atoms with Gasteiger partial charge in [0.05, 0.1) is 27.4 Å². The second-order valence-corrected chi connectivity index (χ2v) is 9.39. The average molecular weight is 556 g/mol. The van der Waals surface area contributed by atoms with Gasteiger partial charge in [0.1, 0.15) is 5.92 Å². The van der Waals surface area contributed by atoms with Crippen LogP contribution < -0.4 is 14.8 Å². The molecule has 2 aromatic heterocycles. The van der Waals surface area contributed by atoms with E-state index in [0.717, 1.165) is 27.4 Å². The number of carbonyl (C=O) groups excluding carboxylic acids is 2. The van der Waals surface area contributed by atoms with Gasteiger partial charge in [0, 0.05) is 51.5 Å². The zero-order chi connectivity index (χ0) is 28.9. The molecule has 212 valence electrons. The fourth-order valence-corrected chi connectivity index (χ4v) is 5.22. The number of carbonyl (C=O) groups is 2. The van der Waals surface area contributed by atoms with Crippen LogP contribution in [0.4, 0.5) is 5.69 Å². The van der Waals surface area contributed by atoms with Gasteiger partial charge in [-0.1, -0.05) is 36.4 Å². The normalized spacial score (nSPS) is 12.6. The smallest absolute Gasteiger partial charge is 0.333 e. The van der Waals surface area contributed by atoms with Crippen LogP contribution in [-0.4, -0.2) is 49.3 Å². The summed E-state index contributed by atoms with van der Waals surface area (Å²) in [5.41, 5.74) is 4.26. The van der Waals surface area contributed by atoms with Gasteiger partial charge in [0.15, 0.2) is 17.5 Å². The van der Waals surface area contributed by atoms with Crippen molar-refractivity contribution in [3.63, 3.8) is 0 Å². The molecule has 0 radical (unpaired) electrons. The molecule has 0 amide bonds. The first-order valence-electron chi connectivity index (χ1n) is 13.5. The summed E-state index contributed by atoms with van der Waals surface area (Å²) in [6, 6.07) is 18.1. The van der Waals surface area contributed by atoms with Crippen LogP contribution in [0.3, 0.4) is 0 Å². The van der Waals surface area contributed by atoms with E-state index in [2.05, 4.69) is 15.3 Å². The maximum atomic E-state index is 13.7. The molecule has 2 heterocycles. The van der Waals surface area contributed by atoms with Crippen LogP contribution in [0.15, 0.2) is 73.1 Å². The summed E-state index contributed by atoms with van der Waals surface area (Å²) in [5.74, 6) is -0.881. The molecule has 3 N–H and O–H groups in total. The Kier molecular flexibility index (Phi) is 8.14. The number of H-pyrrole nitrogens is 2. The van der Waals surface area contributed by atoms with E-state index in [-0.39, 0.29) is 13.2 Å². The van der Waals surface area contributed by atoms with Crippen molar-refractivity contribution in [3.8, 4) is 11.5 Å². The van der Waals surface area contributed by atoms with Gasteiger partial charge in [-0.15, -0.1) is 0 Å². The van der Waals surface area contributed by atoms with Crippen molar-refractivity contribution in [2.75, 3.05) is 32.8 Å². The summed E-state index contributed by atoms with van der Waals surface area (Å²) in [5, 5.41) is 5.15. The Hall–Kier alpha value is -4.92. The highest BCUT2D eigenvalue weighted by Gasteiger charge is 2.33. The van der Waals surface area contributed by atoms with Crippen molar-refractivity contribution < 1.29 is 28.5 Å². The molecule has 0 aliphatic carbocycles. The number of ether oxygens (including phenoxy) is 4. The van der Waals surface area contributed by atoms with Crippen molar-refractivity contribution >= 4 is 39.4 Å². The Morgan fingerprint density at radius 2 is 1.27 bits per heavy atom. The third kappa shape index (κ3) is 5.30. The summed E-state index contributed by atoms with van der Waals surface area (Å²) in [6.45, 7) is 3.94. The van der Waals surface area contributed by atoms with E-state index in [0.29, 0.717) is 28.3 Å². The Morgan fingerprint density at radius 1 is 0.732 bits per heavy atom. The zero-order valence-electron chi connectivity index (χ0n) is 23.4. The van der Waals surface area contributed by atoms with Gasteiger partial charge in [-0.25, -0.2) is 4.79 Å². The molecule has 0 saturated heterocycles. The lowest BCUT2D eigenvalue weighted by Crippen LogP contribution is -2.25. The number of methoxy groups -OCH3 is 2. The summed E-state index contributed by atoms with van der Waals surface area (Å²) >= 11 is 0. The number of hydrogen-bond donors (Lipinski definition) is 3. The number of rotatable bonds is 11. The van der Waals surface area contributed by atoms with E-state index in [1.165, 1.54) is 14.2 Å². The Morgan fingerprint density at radius 3 is 1.88 bits per heavy atom. The monoisotopic (exact) mass is 555 g/mol. The summed E-state index contributed by atoms with van der Waals surface area (Å²) in [7, 11) is 3.07. The van der Waals surface area contributed by atoms with Gasteiger partial charge >= 0.3 is 11.9 Å². The molecule has 9 nitrogen and oxygen atoms in total. The minimum atomic E-state index is -0.895. The molecule has 9 heteroatoms. The van der Waals surface area contributed by atoms with Crippen molar-refractivity contribution in [3.05, 3.63) is 89.7 Å². The number of anilines is 1. The molecule has 2 atom stereocenters. The maximum absolute atomic E-state index is 13.7. The number of nitrogens with one attached hydrogen (secondary N) is 3. The van der Waals surface area contributed by atoms with Crippen molar-refractivity contribution in [1.82, 2.24) is 9.97 Å². The summed E-state index contributed by atoms with van der Waals surface area (Å²) < 4.78 is 22.3. The number of fused-ring (bicyclic) bond motifs is 2. The Balaban J connectivity index is 1.72. The number of benzene rings is 3. The molecule has 5 aromatic rings. The Bertz CT molecular complexity index is 1690. The van der Waals surface area contributed by atoms with E-state index < -0.39 is 23.9 Å². The first-order chi connectivity index (χ1) is 20.0. The minimum absolute atomic E-state index is 0.203. The van der Waals surface area contributed by atoms with Crippen LogP contribution in [0.5, 0.6) is 11.5 Å². The third-order valence-electron chi connectivity index (χ3n) is 7.08. The van der Waals surface area contributed by atoms with Crippen molar-refractivity contribution in [2.45, 2.75) is 25.8 Å². The molecule has 41 heavy (non-hydrogen) atoms. The predicted octanol–water partition coefficient (Wildman–Crippen LogP) is 6.08. The molecule has 0 fully saturated rings. The van der Waals surface area contributed by atoms with Gasteiger partial charge in [0.2, 0.25) is 0 Å². The zero-order valence-corrected chi connectivity index (χ0v) is 23.4. The summed E-state index contributed by atoms with van der Waals surface area (Å²) in [4.78, 5) is 33.6. The predicted molar refractivity (Wildman–Crippen MR) is 158 cm³/mol. The van der Waals surface area contributed by atoms with Crippen LogP contribution in [0.25, 0.3) is 21.8 Å². The van der Waals surface area contributed by atoms with E-state index >= 15 is 0 Å². The summed E-state index contributed by atoms with van der Waals surface area (Å²) in [6.07, 6.45) is 3.61. The number of para-hydroxylation sites is 2. The molecule has 0 aliphatic rings. The van der Waals surface area contributed by atoms with Crippen LogP contribution in [0.1, 0.15) is 42.5 Å². The van der Waals surface area contributed by atoms with Crippen LogP contribution in [0, 0.1) is 0 Å². The number of esters is 2. The van der Waals surface area contributed by atoms with Crippen molar-refractivity contribution in [2.24, 2.45) is 0 Å². The van der Waals surface area contributed by atoms with Gasteiger partial charge in [0.25, 0.3) is 0 Å². The Labute approximate surface area is 237 Å². The lowest BCUT2D eigenvalue weighted by atomic mass is 9.89. The maximum Gasteiger partial charge on any atom is 0.333 e. The van der Waals surface area contributed by atoms with Crippen LogP contribution in [-0.2, 0) is 19.1 Å². The van der Waals surface area contributed by atoms with E-state index in [1.54, 1.807) is 32.2 Å². The van der Waals surface area contributed by atoms with Crippen molar-refractivity contribution in [1.29, 1.82) is 0 Å². The van der Waals surface area contributed by atoms with E-state index in [4.69, 9.17) is 18.9 Å². The number of hydrogen-bond acceptors (Lipinski definition) is 7. The van der Waals surface area contributed by atoms with Gasteiger partial charge in [-0.2, -0.15) is 0 Å². The highest BCUT2D eigenvalue weighted by molar-refractivity contribution is 5.95. The quantitative estimate of drug-likeness (QED) is 0.169. The fraction of sp³-hybridized carbons (Fsp3) is 0.250. The highest BCUT2D eigenvalue weighted by Crippen LogP contribution is 2.43. The molecule has 5 rings (SSSR count). The molecular formula is C32H33N3O6. The van der Waals surface area contributed by atoms with Crippen LogP contribution >= 0.6 is 0 Å². The van der Waals surface area contributed by atoms with Crippen LogP contribution in [0.2, 0.25) is 0 Å². The third-order valence-corrected chi connectivity index (χ3v) is 7.08. The molecule has 0 saturated carbocycles. The topological polar surface area (TPSA) is 115 Å². The molecule has 0 spiro atoms. The first kappa shape index (κ1) is 27.6. The second kappa shape index (κ2) is 12.1. The van der Waals surface area contributed by atoms with Gasteiger partial charge in [-0.05, 0) is 43.2 Å². The standard InChI is InChI=1S/C32H33N3O6/c1-5-40-31(36)29(22-17-33-24-13-9-7-11-19(22)24)21-15-27(38-3)28(39-4)16-26(21)35-30(32(37)41-6-2)23-18-34-25-14-10-8-12-20(23)25/h7-18,29-30,33-35H,5-6H2,1-4H3. The van der Waals surface area contributed by atoms with Gasteiger partial charge in [-0.3, -0.25) is 4.79 Å². The number of aromatic amines is 2. The lowest BCUT2D eigenvalue weighted by molar-refractivity contribution is -0.144. The molecule has 0 aliphatic heterocycles. The molecular weight excluding hydrogens is 522 g/mol. The fourth-order valence-electron chi connectivity index (χ4n) is 5.22. The first-order valence-corrected chi connectivity index (χ1v) is 13.5. The molecule has 3 aromatic carbocycles. The lowest BCUT2D eigenvalue weighted by Gasteiger charge is -2.25. The molecule has 0 bridgehead atoms. The van der Waals surface area contributed by atoms with E-state index in [9.17, 15) is 9.59 Å². The van der Waals surface area contributed by atoms with E-state index in [1.807, 2.05) is 54.7 Å². The SMILES string of the molecule is CCOC(=O)C(Nc1cc(OC)c(OC)cc1C(C(=O)OCC)c1c[nH]c2ccccc12)c1c[nH]c2ccccc12. The molecule has 2 unspecified atom stereocenters. The number of aromatic nitrogens is 2. The average Bonchev–Trinajstić information content (AvgIpc) is 3.61.